The number of hydrogen-bond donors (Lipinski definition) is 2. The number of carbonyl (C=O) groups excluding carboxylic acids is 1. The third-order valence-corrected chi connectivity index (χ3v) is 1.81. The molecule has 1 rings (SSSR count). The standard InChI is InChI=1S/C7H14N2O2/c8-3-1-2-7(11)9-4-6(10)5-9/h6,10H,1-5,8H2. The van der Waals surface area contributed by atoms with Crippen LogP contribution in [-0.2, 0) is 4.79 Å². The lowest BCUT2D eigenvalue weighted by Gasteiger charge is -2.35. The second-order valence-corrected chi connectivity index (χ2v) is 2.84. The topological polar surface area (TPSA) is 66.6 Å². The molecule has 0 aliphatic carbocycles. The Morgan fingerprint density at radius 2 is 2.27 bits per heavy atom. The van der Waals surface area contributed by atoms with Gasteiger partial charge >= 0.3 is 0 Å². The van der Waals surface area contributed by atoms with Crippen LogP contribution in [0, 0.1) is 0 Å². The maximum atomic E-state index is 11.1. The van der Waals surface area contributed by atoms with Crippen LogP contribution in [0.4, 0.5) is 0 Å². The average molecular weight is 158 g/mol. The Balaban J connectivity index is 2.11. The lowest BCUT2D eigenvalue weighted by Crippen LogP contribution is -2.53. The Kier molecular flexibility index (Phi) is 2.84. The number of likely N-dealkylation sites (tertiary alicyclic amines) is 1. The number of hydrogen-bond acceptors (Lipinski definition) is 3. The van der Waals surface area contributed by atoms with E-state index in [1.807, 2.05) is 0 Å². The molecule has 0 aromatic heterocycles. The van der Waals surface area contributed by atoms with Crippen LogP contribution in [0.25, 0.3) is 0 Å². The summed E-state index contributed by atoms with van der Waals surface area (Å²) in [5.74, 6) is 0.112. The fourth-order valence-corrected chi connectivity index (χ4v) is 1.07. The summed E-state index contributed by atoms with van der Waals surface area (Å²) in [4.78, 5) is 12.7. The van der Waals surface area contributed by atoms with Gasteiger partial charge in [-0.05, 0) is 13.0 Å². The van der Waals surface area contributed by atoms with E-state index in [-0.39, 0.29) is 12.0 Å². The molecule has 3 N–H and O–H groups in total. The summed E-state index contributed by atoms with van der Waals surface area (Å²) < 4.78 is 0. The Labute approximate surface area is 66.0 Å². The first-order chi connectivity index (χ1) is 5.24. The van der Waals surface area contributed by atoms with Gasteiger partial charge in [-0.1, -0.05) is 0 Å². The number of carbonyl (C=O) groups is 1. The van der Waals surface area contributed by atoms with E-state index in [0.717, 1.165) is 6.42 Å². The van der Waals surface area contributed by atoms with Crippen molar-refractivity contribution in [3.8, 4) is 0 Å². The Morgan fingerprint density at radius 3 is 2.73 bits per heavy atom. The molecule has 4 heteroatoms. The Bertz CT molecular complexity index is 143. The highest BCUT2D eigenvalue weighted by Crippen LogP contribution is 2.09. The molecule has 1 heterocycles. The summed E-state index contributed by atoms with van der Waals surface area (Å²) in [6, 6.07) is 0. The van der Waals surface area contributed by atoms with Gasteiger partial charge in [-0.2, -0.15) is 0 Å². The van der Waals surface area contributed by atoms with Gasteiger partial charge < -0.3 is 15.7 Å². The van der Waals surface area contributed by atoms with Crippen LogP contribution >= 0.6 is 0 Å². The largest absolute Gasteiger partial charge is 0.389 e. The molecule has 0 radical (unpaired) electrons. The van der Waals surface area contributed by atoms with E-state index in [9.17, 15) is 4.79 Å². The molecule has 0 spiro atoms. The number of aliphatic hydroxyl groups is 1. The van der Waals surface area contributed by atoms with Crippen molar-refractivity contribution >= 4 is 5.91 Å². The summed E-state index contributed by atoms with van der Waals surface area (Å²) in [5, 5.41) is 8.87. The summed E-state index contributed by atoms with van der Waals surface area (Å²) in [5.41, 5.74) is 5.24. The molecule has 1 fully saturated rings. The SMILES string of the molecule is NCCCC(=O)N1CC(O)C1. The molecule has 0 unspecified atom stereocenters. The van der Waals surface area contributed by atoms with Crippen LogP contribution in [0.2, 0.25) is 0 Å². The second kappa shape index (κ2) is 3.69. The molecule has 0 atom stereocenters. The van der Waals surface area contributed by atoms with Gasteiger partial charge in [0.05, 0.1) is 6.10 Å². The molecule has 1 saturated heterocycles. The summed E-state index contributed by atoms with van der Waals surface area (Å²) in [6.07, 6.45) is 0.964. The van der Waals surface area contributed by atoms with Crippen molar-refractivity contribution < 1.29 is 9.90 Å². The van der Waals surface area contributed by atoms with Gasteiger partial charge in [-0.3, -0.25) is 4.79 Å². The molecular weight excluding hydrogens is 144 g/mol. The average Bonchev–Trinajstić information content (AvgIpc) is 1.94. The van der Waals surface area contributed by atoms with Crippen molar-refractivity contribution in [3.63, 3.8) is 0 Å². The van der Waals surface area contributed by atoms with Gasteiger partial charge in [0.15, 0.2) is 0 Å². The molecule has 0 bridgehead atoms. The maximum Gasteiger partial charge on any atom is 0.222 e. The van der Waals surface area contributed by atoms with Gasteiger partial charge in [0.2, 0.25) is 5.91 Å². The Hall–Kier alpha value is -0.610. The van der Waals surface area contributed by atoms with Crippen LogP contribution in [-0.4, -0.2) is 41.7 Å². The fourth-order valence-electron chi connectivity index (χ4n) is 1.07. The second-order valence-electron chi connectivity index (χ2n) is 2.84. The predicted octanol–water partition coefficient (Wildman–Crippen LogP) is -1.07. The lowest BCUT2D eigenvalue weighted by atomic mass is 10.1. The van der Waals surface area contributed by atoms with Crippen molar-refractivity contribution in [3.05, 3.63) is 0 Å². The highest BCUT2D eigenvalue weighted by atomic mass is 16.3. The molecular formula is C7H14N2O2. The molecule has 11 heavy (non-hydrogen) atoms. The normalized spacial score (nSPS) is 18.2. The first kappa shape index (κ1) is 8.49. The molecule has 4 nitrogen and oxygen atoms in total. The van der Waals surface area contributed by atoms with E-state index in [1.165, 1.54) is 0 Å². The van der Waals surface area contributed by atoms with Crippen molar-refractivity contribution in [1.82, 2.24) is 4.90 Å². The van der Waals surface area contributed by atoms with Crippen molar-refractivity contribution in [2.75, 3.05) is 19.6 Å². The van der Waals surface area contributed by atoms with Gasteiger partial charge in [-0.15, -0.1) is 0 Å². The van der Waals surface area contributed by atoms with Crippen LogP contribution in [0.1, 0.15) is 12.8 Å². The first-order valence-corrected chi connectivity index (χ1v) is 3.90. The molecule has 0 saturated carbocycles. The molecule has 0 aromatic rings. The predicted molar refractivity (Wildman–Crippen MR) is 40.9 cm³/mol. The van der Waals surface area contributed by atoms with Crippen molar-refractivity contribution in [1.29, 1.82) is 0 Å². The lowest BCUT2D eigenvalue weighted by molar-refractivity contribution is -0.141. The zero-order chi connectivity index (χ0) is 8.27. The first-order valence-electron chi connectivity index (χ1n) is 3.90. The van der Waals surface area contributed by atoms with Gasteiger partial charge in [0.25, 0.3) is 0 Å². The van der Waals surface area contributed by atoms with Gasteiger partial charge in [0.1, 0.15) is 0 Å². The minimum atomic E-state index is -0.295. The molecule has 1 aliphatic heterocycles. The van der Waals surface area contributed by atoms with Crippen LogP contribution in [0.3, 0.4) is 0 Å². The van der Waals surface area contributed by atoms with Crippen molar-refractivity contribution in [2.24, 2.45) is 5.73 Å². The number of amides is 1. The maximum absolute atomic E-state index is 11.1. The number of β-amino-alcohol motifs (C(OH)–C–C–N with tert-alkyl or cyclic N) is 1. The zero-order valence-electron chi connectivity index (χ0n) is 6.49. The number of aliphatic hydroxyl groups excluding tert-OH is 1. The minimum absolute atomic E-state index is 0.112. The van der Waals surface area contributed by atoms with Gasteiger partial charge in [0, 0.05) is 19.5 Å². The van der Waals surface area contributed by atoms with Crippen molar-refractivity contribution in [2.45, 2.75) is 18.9 Å². The third-order valence-electron chi connectivity index (χ3n) is 1.81. The Morgan fingerprint density at radius 1 is 1.64 bits per heavy atom. The number of nitrogens with two attached hydrogens (primary N) is 1. The number of rotatable bonds is 3. The van der Waals surface area contributed by atoms with Crippen LogP contribution < -0.4 is 5.73 Å². The summed E-state index contributed by atoms with van der Waals surface area (Å²) in [6.45, 7) is 1.56. The quantitative estimate of drug-likeness (QED) is 0.549. The third kappa shape index (κ3) is 2.17. The molecule has 1 amide bonds. The molecule has 0 aromatic carbocycles. The van der Waals surface area contributed by atoms with E-state index in [4.69, 9.17) is 10.8 Å². The van der Waals surface area contributed by atoms with Gasteiger partial charge in [-0.25, -0.2) is 0 Å². The molecule has 64 valence electrons. The highest BCUT2D eigenvalue weighted by molar-refractivity contribution is 5.77. The van der Waals surface area contributed by atoms with E-state index in [2.05, 4.69) is 0 Å². The van der Waals surface area contributed by atoms with Crippen LogP contribution in [0.15, 0.2) is 0 Å². The van der Waals surface area contributed by atoms with E-state index >= 15 is 0 Å². The number of nitrogens with zero attached hydrogens (tertiary/aromatic N) is 1. The summed E-state index contributed by atoms with van der Waals surface area (Å²) in [7, 11) is 0. The summed E-state index contributed by atoms with van der Waals surface area (Å²) >= 11 is 0. The zero-order valence-corrected chi connectivity index (χ0v) is 6.49. The highest BCUT2D eigenvalue weighted by Gasteiger charge is 2.27. The minimum Gasteiger partial charge on any atom is -0.389 e. The molecule has 1 aliphatic rings. The fraction of sp³-hybridized carbons (Fsp3) is 0.857. The van der Waals surface area contributed by atoms with E-state index in [1.54, 1.807) is 4.90 Å². The smallest absolute Gasteiger partial charge is 0.222 e. The van der Waals surface area contributed by atoms with E-state index < -0.39 is 0 Å². The monoisotopic (exact) mass is 158 g/mol. The van der Waals surface area contributed by atoms with E-state index in [0.29, 0.717) is 26.1 Å². The van der Waals surface area contributed by atoms with Crippen LogP contribution in [0.5, 0.6) is 0 Å².